The van der Waals surface area contributed by atoms with Gasteiger partial charge in [-0.25, -0.2) is 5.48 Å². The van der Waals surface area contributed by atoms with Gasteiger partial charge in [0.15, 0.2) is 5.76 Å². The minimum atomic E-state index is -0.342. The van der Waals surface area contributed by atoms with Gasteiger partial charge in [-0.1, -0.05) is 49.1 Å². The average Bonchev–Trinajstić information content (AvgIpc) is 3.15. The van der Waals surface area contributed by atoms with Crippen LogP contribution in [0.2, 0.25) is 0 Å². The van der Waals surface area contributed by atoms with Gasteiger partial charge in [0.1, 0.15) is 5.76 Å². The minimum absolute atomic E-state index is 0.289. The van der Waals surface area contributed by atoms with E-state index < -0.39 is 0 Å². The zero-order chi connectivity index (χ0) is 19.1. The quantitative estimate of drug-likeness (QED) is 0.690. The average molecular weight is 370 g/mol. The van der Waals surface area contributed by atoms with E-state index >= 15 is 0 Å². The molecule has 1 amide bonds. The van der Waals surface area contributed by atoms with Crippen molar-refractivity contribution < 1.29 is 14.0 Å². The van der Waals surface area contributed by atoms with Gasteiger partial charge in [-0.05, 0) is 44.4 Å². The molecule has 1 fully saturated rings. The van der Waals surface area contributed by atoms with Crippen molar-refractivity contribution in [3.8, 4) is 0 Å². The number of carbonyl (C=O) groups is 1. The molecule has 1 saturated carbocycles. The molecule has 0 atom stereocenters. The molecule has 5 heteroatoms. The molecule has 0 aliphatic heterocycles. The topological polar surface area (TPSA) is 54.7 Å². The molecule has 2 aromatic rings. The Hall–Kier alpha value is -2.11. The van der Waals surface area contributed by atoms with Gasteiger partial charge in [0.2, 0.25) is 0 Å². The Balaban J connectivity index is 1.71. The first-order chi connectivity index (χ1) is 13.2. The molecule has 0 radical (unpaired) electrons. The number of aryl methyl sites for hydroxylation is 1. The summed E-state index contributed by atoms with van der Waals surface area (Å²) in [6.07, 6.45) is 6.36. The summed E-state index contributed by atoms with van der Waals surface area (Å²) in [5, 5.41) is 0. The van der Waals surface area contributed by atoms with Crippen LogP contribution in [0, 0.1) is 6.92 Å². The van der Waals surface area contributed by atoms with Crippen LogP contribution in [0.5, 0.6) is 0 Å². The summed E-state index contributed by atoms with van der Waals surface area (Å²) in [4.78, 5) is 19.4. The number of hydrogen-bond acceptors (Lipinski definition) is 4. The maximum absolute atomic E-state index is 12.0. The van der Waals surface area contributed by atoms with Crippen molar-refractivity contribution in [3.63, 3.8) is 0 Å². The zero-order valence-electron chi connectivity index (χ0n) is 16.4. The summed E-state index contributed by atoms with van der Waals surface area (Å²) in [5.74, 6) is 0.762. The first kappa shape index (κ1) is 19.6. The highest BCUT2D eigenvalue weighted by Crippen LogP contribution is 2.26. The lowest BCUT2D eigenvalue weighted by Crippen LogP contribution is -2.35. The Morgan fingerprint density at radius 3 is 2.74 bits per heavy atom. The van der Waals surface area contributed by atoms with Crippen molar-refractivity contribution in [2.45, 2.75) is 65.1 Å². The van der Waals surface area contributed by atoms with Crippen LogP contribution < -0.4 is 5.48 Å². The Kier molecular flexibility index (Phi) is 7.07. The second kappa shape index (κ2) is 9.72. The third-order valence-electron chi connectivity index (χ3n) is 5.11. The monoisotopic (exact) mass is 370 g/mol. The molecule has 0 spiro atoms. The molecule has 0 saturated heterocycles. The fraction of sp³-hybridized carbons (Fsp3) is 0.500. The van der Waals surface area contributed by atoms with Crippen LogP contribution in [0.4, 0.5) is 0 Å². The molecule has 1 aliphatic rings. The molecule has 1 aliphatic carbocycles. The Bertz CT molecular complexity index is 735. The second-order valence-corrected chi connectivity index (χ2v) is 7.32. The third-order valence-corrected chi connectivity index (χ3v) is 5.11. The number of hydroxylamine groups is 1. The molecule has 1 aromatic heterocycles. The van der Waals surface area contributed by atoms with E-state index in [9.17, 15) is 4.79 Å². The summed E-state index contributed by atoms with van der Waals surface area (Å²) in [5.41, 5.74) is 4.98. The van der Waals surface area contributed by atoms with Gasteiger partial charge in [0.05, 0.1) is 13.2 Å². The Morgan fingerprint density at radius 1 is 1.19 bits per heavy atom. The maximum Gasteiger partial charge on any atom is 0.310 e. The molecule has 27 heavy (non-hydrogen) atoms. The lowest BCUT2D eigenvalue weighted by atomic mass is 9.93. The fourth-order valence-corrected chi connectivity index (χ4v) is 3.78. The number of nitrogens with one attached hydrogen (secondary N) is 1. The number of nitrogens with zero attached hydrogens (tertiary/aromatic N) is 1. The van der Waals surface area contributed by atoms with E-state index in [1.165, 1.54) is 43.2 Å². The third kappa shape index (κ3) is 5.68. The van der Waals surface area contributed by atoms with Crippen LogP contribution in [-0.4, -0.2) is 23.5 Å². The van der Waals surface area contributed by atoms with Crippen molar-refractivity contribution in [2.75, 3.05) is 6.61 Å². The summed E-state index contributed by atoms with van der Waals surface area (Å²) < 4.78 is 5.79. The van der Waals surface area contributed by atoms with Gasteiger partial charge in [-0.3, -0.25) is 14.5 Å². The van der Waals surface area contributed by atoms with E-state index in [0.29, 0.717) is 19.2 Å². The molecule has 1 aromatic carbocycles. The van der Waals surface area contributed by atoms with Crippen LogP contribution in [0.3, 0.4) is 0 Å². The molecule has 1 N–H and O–H groups in total. The molecule has 5 nitrogen and oxygen atoms in total. The Morgan fingerprint density at radius 2 is 2.00 bits per heavy atom. The summed E-state index contributed by atoms with van der Waals surface area (Å²) in [6, 6.07) is 12.9. The number of amides is 1. The van der Waals surface area contributed by atoms with Gasteiger partial charge >= 0.3 is 5.91 Å². The molecular weight excluding hydrogens is 340 g/mol. The first-order valence-electron chi connectivity index (χ1n) is 9.96. The van der Waals surface area contributed by atoms with E-state index in [2.05, 4.69) is 41.6 Å². The van der Waals surface area contributed by atoms with E-state index in [1.54, 1.807) is 6.07 Å². The van der Waals surface area contributed by atoms with E-state index in [-0.39, 0.29) is 11.7 Å². The number of furan rings is 1. The minimum Gasteiger partial charge on any atom is -0.454 e. The normalized spacial score (nSPS) is 15.2. The number of hydrogen-bond donors (Lipinski definition) is 1. The SMILES string of the molecule is CCONC(=O)c1ccc(CN(Cc2cccc(C)c2)C2CCCCC2)o1. The lowest BCUT2D eigenvalue weighted by Gasteiger charge is -2.34. The Labute approximate surface area is 161 Å². The van der Waals surface area contributed by atoms with Crippen molar-refractivity contribution in [2.24, 2.45) is 0 Å². The zero-order valence-corrected chi connectivity index (χ0v) is 16.4. The smallest absolute Gasteiger partial charge is 0.310 e. The van der Waals surface area contributed by atoms with Crippen molar-refractivity contribution >= 4 is 5.91 Å². The van der Waals surface area contributed by atoms with Crippen LogP contribution in [0.25, 0.3) is 0 Å². The number of carbonyl (C=O) groups excluding carboxylic acids is 1. The van der Waals surface area contributed by atoms with Crippen LogP contribution in [0.15, 0.2) is 40.8 Å². The summed E-state index contributed by atoms with van der Waals surface area (Å²) in [6.45, 7) is 5.98. The summed E-state index contributed by atoms with van der Waals surface area (Å²) in [7, 11) is 0. The second-order valence-electron chi connectivity index (χ2n) is 7.32. The van der Waals surface area contributed by atoms with Crippen LogP contribution in [-0.2, 0) is 17.9 Å². The lowest BCUT2D eigenvalue weighted by molar-refractivity contribution is 0.0337. The standard InChI is InChI=1S/C22H30N2O3/c1-3-26-23-22(25)21-13-12-20(27-21)16-24(19-10-5-4-6-11-19)15-18-9-7-8-17(2)14-18/h7-9,12-14,19H,3-6,10-11,15-16H2,1-2H3,(H,23,25). The van der Waals surface area contributed by atoms with Crippen molar-refractivity contribution in [1.29, 1.82) is 0 Å². The summed E-state index contributed by atoms with van der Waals surface area (Å²) >= 11 is 0. The number of rotatable bonds is 8. The van der Waals surface area contributed by atoms with E-state index in [0.717, 1.165) is 12.3 Å². The van der Waals surface area contributed by atoms with E-state index in [1.807, 2.05) is 13.0 Å². The first-order valence-corrected chi connectivity index (χ1v) is 9.96. The predicted molar refractivity (Wildman–Crippen MR) is 105 cm³/mol. The highest BCUT2D eigenvalue weighted by atomic mass is 16.7. The van der Waals surface area contributed by atoms with Crippen molar-refractivity contribution in [1.82, 2.24) is 10.4 Å². The fourth-order valence-electron chi connectivity index (χ4n) is 3.78. The largest absolute Gasteiger partial charge is 0.454 e. The van der Waals surface area contributed by atoms with Gasteiger partial charge in [0, 0.05) is 12.6 Å². The van der Waals surface area contributed by atoms with Gasteiger partial charge < -0.3 is 4.42 Å². The predicted octanol–water partition coefficient (Wildman–Crippen LogP) is 4.60. The maximum atomic E-state index is 12.0. The highest BCUT2D eigenvalue weighted by Gasteiger charge is 2.23. The van der Waals surface area contributed by atoms with E-state index in [4.69, 9.17) is 9.25 Å². The van der Waals surface area contributed by atoms with Gasteiger partial charge in [0.25, 0.3) is 0 Å². The van der Waals surface area contributed by atoms with Crippen molar-refractivity contribution in [3.05, 3.63) is 59.0 Å². The molecule has 0 bridgehead atoms. The molecule has 0 unspecified atom stereocenters. The molecule has 146 valence electrons. The van der Waals surface area contributed by atoms with Crippen LogP contribution in [0.1, 0.15) is 66.5 Å². The van der Waals surface area contributed by atoms with Crippen LogP contribution >= 0.6 is 0 Å². The molecular formula is C22H30N2O3. The molecule has 3 rings (SSSR count). The molecule has 1 heterocycles. The number of benzene rings is 1. The highest BCUT2D eigenvalue weighted by molar-refractivity contribution is 5.90. The van der Waals surface area contributed by atoms with Gasteiger partial charge in [-0.15, -0.1) is 0 Å². The van der Waals surface area contributed by atoms with Gasteiger partial charge in [-0.2, -0.15) is 0 Å².